The van der Waals surface area contributed by atoms with Crippen molar-refractivity contribution in [3.05, 3.63) is 0 Å². The highest BCUT2D eigenvalue weighted by molar-refractivity contribution is 7.17. The molecule has 0 bridgehead atoms. The topological polar surface area (TPSA) is 6.48 Å². The van der Waals surface area contributed by atoms with Crippen LogP contribution in [-0.2, 0) is 0 Å². The zero-order valence-corrected chi connectivity index (χ0v) is 12.2. The van der Waals surface area contributed by atoms with Gasteiger partial charge in [0.2, 0.25) is 0 Å². The summed E-state index contributed by atoms with van der Waals surface area (Å²) < 4.78 is 4.71. The number of hydrogen-bond donors (Lipinski definition) is 0. The molecule has 86 valence electrons. The summed E-state index contributed by atoms with van der Waals surface area (Å²) in [5.74, 6) is 0. The Morgan fingerprint density at radius 1 is 1.14 bits per heavy atom. The van der Waals surface area contributed by atoms with E-state index in [9.17, 15) is 0 Å². The lowest BCUT2D eigenvalue weighted by Gasteiger charge is -2.43. The Bertz CT molecular complexity index is 162. The van der Waals surface area contributed by atoms with E-state index in [1.807, 2.05) is 0 Å². The van der Waals surface area contributed by atoms with E-state index in [1.54, 1.807) is 0 Å². The van der Waals surface area contributed by atoms with Gasteiger partial charge in [-0.25, -0.2) is 0 Å². The second-order valence-electron chi connectivity index (χ2n) is 4.01. The third kappa shape index (κ3) is 2.72. The van der Waals surface area contributed by atoms with E-state index in [-0.39, 0.29) is 0 Å². The maximum absolute atomic E-state index is 6.88. The van der Waals surface area contributed by atoms with Crippen LogP contribution >= 0.6 is 11.1 Å². The zero-order valence-electron chi connectivity index (χ0n) is 10.5. The molecule has 0 aliphatic rings. The Morgan fingerprint density at radius 2 is 1.57 bits per heavy atom. The van der Waals surface area contributed by atoms with E-state index < -0.39 is 7.71 Å². The molecule has 0 aliphatic carbocycles. The first kappa shape index (κ1) is 14.4. The van der Waals surface area contributed by atoms with Crippen LogP contribution in [0.2, 0.25) is 5.54 Å². The Labute approximate surface area is 95.1 Å². The Morgan fingerprint density at radius 3 is 1.79 bits per heavy atom. The number of nitrogens with zero attached hydrogens (tertiary/aromatic N) is 2. The van der Waals surface area contributed by atoms with Crippen molar-refractivity contribution in [2.45, 2.75) is 39.7 Å². The lowest BCUT2D eigenvalue weighted by molar-refractivity contribution is 0.399. The molecule has 0 saturated heterocycles. The SMILES string of the molecule is CCC(C)[Si](Cl)(N(C)C)N(CC)CC. The molecule has 0 aromatic carbocycles. The van der Waals surface area contributed by atoms with Gasteiger partial charge in [-0.05, 0) is 32.7 Å². The van der Waals surface area contributed by atoms with Gasteiger partial charge in [-0.2, -0.15) is 0 Å². The van der Waals surface area contributed by atoms with Crippen LogP contribution in [0.5, 0.6) is 0 Å². The van der Waals surface area contributed by atoms with Crippen LogP contribution < -0.4 is 0 Å². The van der Waals surface area contributed by atoms with Gasteiger partial charge in [0.1, 0.15) is 0 Å². The minimum absolute atomic E-state index is 0.596. The van der Waals surface area contributed by atoms with Gasteiger partial charge >= 0.3 is 7.71 Å². The summed E-state index contributed by atoms with van der Waals surface area (Å²) in [4.78, 5) is 0. The maximum atomic E-state index is 6.88. The first-order valence-electron chi connectivity index (χ1n) is 5.56. The van der Waals surface area contributed by atoms with Crippen molar-refractivity contribution in [2.24, 2.45) is 0 Å². The van der Waals surface area contributed by atoms with Crippen molar-refractivity contribution < 1.29 is 0 Å². The smallest absolute Gasteiger partial charge is 0.305 e. The van der Waals surface area contributed by atoms with Crippen LogP contribution in [0.1, 0.15) is 34.1 Å². The molecule has 2 atom stereocenters. The van der Waals surface area contributed by atoms with Crippen molar-refractivity contribution >= 4 is 18.8 Å². The summed E-state index contributed by atoms with van der Waals surface area (Å²) in [6, 6.07) is 0. The van der Waals surface area contributed by atoms with Crippen molar-refractivity contribution in [3.8, 4) is 0 Å². The van der Waals surface area contributed by atoms with Gasteiger partial charge < -0.3 is 9.13 Å². The molecule has 2 unspecified atom stereocenters. The van der Waals surface area contributed by atoms with Crippen LogP contribution in [0.25, 0.3) is 0 Å². The maximum Gasteiger partial charge on any atom is 0.309 e. The van der Waals surface area contributed by atoms with Crippen LogP contribution in [0, 0.1) is 0 Å². The van der Waals surface area contributed by atoms with Crippen molar-refractivity contribution in [3.63, 3.8) is 0 Å². The Balaban J connectivity index is 4.86. The number of hydrogen-bond acceptors (Lipinski definition) is 2. The quantitative estimate of drug-likeness (QED) is 0.517. The van der Waals surface area contributed by atoms with E-state index in [0.717, 1.165) is 19.5 Å². The molecule has 0 rings (SSSR count). The van der Waals surface area contributed by atoms with Crippen LogP contribution in [0.15, 0.2) is 0 Å². The molecule has 0 heterocycles. The third-order valence-corrected chi connectivity index (χ3v) is 10.4. The fourth-order valence-electron chi connectivity index (χ4n) is 1.96. The average molecular weight is 237 g/mol. The lowest BCUT2D eigenvalue weighted by atomic mass is 10.4. The minimum atomic E-state index is -1.92. The summed E-state index contributed by atoms with van der Waals surface area (Å²) >= 11 is 6.88. The average Bonchev–Trinajstić information content (AvgIpc) is 2.17. The van der Waals surface area contributed by atoms with E-state index >= 15 is 0 Å². The molecule has 4 heteroatoms. The predicted octanol–water partition coefficient (Wildman–Crippen LogP) is 2.87. The Hall–Kier alpha value is 0.427. The molecule has 0 N–H and O–H groups in total. The van der Waals surface area contributed by atoms with Gasteiger partial charge in [-0.1, -0.05) is 34.1 Å². The van der Waals surface area contributed by atoms with Crippen molar-refractivity contribution in [1.82, 2.24) is 9.13 Å². The third-order valence-electron chi connectivity index (χ3n) is 3.07. The van der Waals surface area contributed by atoms with Gasteiger partial charge in [-0.3, -0.25) is 0 Å². The molecule has 0 saturated carbocycles. The van der Waals surface area contributed by atoms with E-state index in [0.29, 0.717) is 5.54 Å². The largest absolute Gasteiger partial charge is 0.309 e. The lowest BCUT2D eigenvalue weighted by Crippen LogP contribution is -2.61. The molecule has 0 aliphatic heterocycles. The zero-order chi connectivity index (χ0) is 11.4. The normalized spacial score (nSPS) is 18.6. The molecule has 0 aromatic heterocycles. The number of rotatable bonds is 6. The summed E-state index contributed by atoms with van der Waals surface area (Å²) in [7, 11) is 2.31. The highest BCUT2D eigenvalue weighted by atomic mass is 35.6. The van der Waals surface area contributed by atoms with E-state index in [4.69, 9.17) is 11.1 Å². The number of halogens is 1. The monoisotopic (exact) mass is 236 g/mol. The summed E-state index contributed by atoms with van der Waals surface area (Å²) in [6.45, 7) is 11.0. The molecule has 2 nitrogen and oxygen atoms in total. The molecular weight excluding hydrogens is 212 g/mol. The second-order valence-corrected chi connectivity index (χ2v) is 9.47. The van der Waals surface area contributed by atoms with Crippen molar-refractivity contribution in [1.29, 1.82) is 0 Å². The molecule has 0 spiro atoms. The first-order chi connectivity index (χ1) is 6.44. The highest BCUT2D eigenvalue weighted by Gasteiger charge is 2.44. The molecule has 0 amide bonds. The molecule has 14 heavy (non-hydrogen) atoms. The first-order valence-corrected chi connectivity index (χ1v) is 8.54. The van der Waals surface area contributed by atoms with Gasteiger partial charge in [0.05, 0.1) is 0 Å². The summed E-state index contributed by atoms with van der Waals surface area (Å²) in [5.41, 5.74) is 0.596. The van der Waals surface area contributed by atoms with Crippen LogP contribution in [0.3, 0.4) is 0 Å². The van der Waals surface area contributed by atoms with Crippen molar-refractivity contribution in [2.75, 3.05) is 27.2 Å². The predicted molar refractivity (Wildman–Crippen MR) is 67.9 cm³/mol. The van der Waals surface area contributed by atoms with Gasteiger partial charge in [0.25, 0.3) is 0 Å². The van der Waals surface area contributed by atoms with Gasteiger partial charge in [0, 0.05) is 0 Å². The summed E-state index contributed by atoms with van der Waals surface area (Å²) in [6.07, 6.45) is 1.16. The fraction of sp³-hybridized carbons (Fsp3) is 1.00. The highest BCUT2D eigenvalue weighted by Crippen LogP contribution is 2.33. The summed E-state index contributed by atoms with van der Waals surface area (Å²) in [5, 5.41) is 0. The van der Waals surface area contributed by atoms with E-state index in [2.05, 4.69) is 50.9 Å². The van der Waals surface area contributed by atoms with Gasteiger partial charge in [0.15, 0.2) is 0 Å². The standard InChI is InChI=1S/C10H25ClN2Si/c1-7-10(4)14(11,12(5)6)13(8-2)9-3/h10H,7-9H2,1-6H3. The minimum Gasteiger partial charge on any atom is -0.305 e. The fourth-order valence-corrected chi connectivity index (χ4v) is 6.62. The Kier molecular flexibility index (Phi) is 6.29. The van der Waals surface area contributed by atoms with Gasteiger partial charge in [-0.15, -0.1) is 11.1 Å². The molecule has 0 radical (unpaired) electrons. The second kappa shape index (κ2) is 6.11. The van der Waals surface area contributed by atoms with Crippen LogP contribution in [-0.4, -0.2) is 44.0 Å². The van der Waals surface area contributed by atoms with Crippen LogP contribution in [0.4, 0.5) is 0 Å². The van der Waals surface area contributed by atoms with E-state index in [1.165, 1.54) is 0 Å². The molecular formula is C10H25ClN2Si. The molecule has 0 aromatic rings. The molecule has 0 fully saturated rings.